The van der Waals surface area contributed by atoms with Crippen molar-refractivity contribution in [3.8, 4) is 17.5 Å². The molecule has 1 amide bonds. The molecular formula is C26H22FN5O2S. The highest BCUT2D eigenvalue weighted by Gasteiger charge is 2.18. The molecule has 0 atom stereocenters. The zero-order chi connectivity index (χ0) is 24.6. The van der Waals surface area contributed by atoms with Gasteiger partial charge in [-0.15, -0.1) is 10.2 Å². The highest BCUT2D eigenvalue weighted by atomic mass is 32.2. The third kappa shape index (κ3) is 6.25. The van der Waals surface area contributed by atoms with Crippen LogP contribution in [0.1, 0.15) is 16.7 Å². The lowest BCUT2D eigenvalue weighted by Gasteiger charge is -2.23. The number of hydrogen-bond acceptors (Lipinski definition) is 6. The fraction of sp³-hybridized carbons (Fsp3) is 0.154. The Morgan fingerprint density at radius 3 is 2.51 bits per heavy atom. The predicted octanol–water partition coefficient (Wildman–Crippen LogP) is 4.61. The van der Waals surface area contributed by atoms with Gasteiger partial charge in [0.2, 0.25) is 5.91 Å². The Labute approximate surface area is 206 Å². The van der Waals surface area contributed by atoms with Crippen molar-refractivity contribution >= 4 is 17.7 Å². The monoisotopic (exact) mass is 487 g/mol. The van der Waals surface area contributed by atoms with Crippen LogP contribution < -0.4 is 4.74 Å². The molecule has 176 valence electrons. The Bertz CT molecular complexity index is 1330. The Morgan fingerprint density at radius 1 is 1.09 bits per heavy atom. The van der Waals surface area contributed by atoms with Crippen LogP contribution in [-0.4, -0.2) is 38.4 Å². The highest BCUT2D eigenvalue weighted by molar-refractivity contribution is 7.99. The summed E-state index contributed by atoms with van der Waals surface area (Å²) in [5, 5.41) is 17.8. The van der Waals surface area contributed by atoms with Crippen LogP contribution in [0, 0.1) is 17.1 Å². The summed E-state index contributed by atoms with van der Waals surface area (Å²) in [6.07, 6.45) is 1.59. The van der Waals surface area contributed by atoms with Crippen molar-refractivity contribution in [3.63, 3.8) is 0 Å². The molecule has 0 bridgehead atoms. The van der Waals surface area contributed by atoms with Gasteiger partial charge in [0.15, 0.2) is 5.16 Å². The van der Waals surface area contributed by atoms with Crippen molar-refractivity contribution in [2.24, 2.45) is 0 Å². The Balaban J connectivity index is 1.49. The number of aromatic nitrogens is 3. The molecule has 9 heteroatoms. The molecule has 0 saturated heterocycles. The Hall–Kier alpha value is -4.16. The minimum absolute atomic E-state index is 0.125. The molecule has 3 aromatic carbocycles. The van der Waals surface area contributed by atoms with Gasteiger partial charge in [-0.1, -0.05) is 36.0 Å². The number of ether oxygens (including phenoxy) is 1. The van der Waals surface area contributed by atoms with Gasteiger partial charge >= 0.3 is 0 Å². The lowest BCUT2D eigenvalue weighted by molar-refractivity contribution is -0.129. The van der Waals surface area contributed by atoms with Crippen LogP contribution in [0.2, 0.25) is 0 Å². The molecule has 7 nitrogen and oxygen atoms in total. The summed E-state index contributed by atoms with van der Waals surface area (Å²) >= 11 is 1.28. The van der Waals surface area contributed by atoms with E-state index in [1.165, 1.54) is 23.9 Å². The number of rotatable bonds is 9. The number of carbonyl (C=O) groups is 1. The lowest BCUT2D eigenvalue weighted by Crippen LogP contribution is -2.31. The van der Waals surface area contributed by atoms with E-state index in [0.29, 0.717) is 22.8 Å². The first kappa shape index (κ1) is 24.0. The van der Waals surface area contributed by atoms with Crippen LogP contribution in [0.25, 0.3) is 5.69 Å². The maximum atomic E-state index is 13.8. The maximum absolute atomic E-state index is 13.8. The zero-order valence-corrected chi connectivity index (χ0v) is 19.8. The lowest BCUT2D eigenvalue weighted by atomic mass is 10.1. The van der Waals surface area contributed by atoms with Gasteiger partial charge in [-0.3, -0.25) is 9.36 Å². The summed E-state index contributed by atoms with van der Waals surface area (Å²) in [7, 11) is 1.61. The van der Waals surface area contributed by atoms with E-state index < -0.39 is 0 Å². The van der Waals surface area contributed by atoms with E-state index in [9.17, 15) is 9.18 Å². The predicted molar refractivity (Wildman–Crippen MR) is 130 cm³/mol. The number of carbonyl (C=O) groups excluding carboxylic acids is 1. The minimum Gasteiger partial charge on any atom is -0.497 e. The van der Waals surface area contributed by atoms with Gasteiger partial charge in [-0.25, -0.2) is 4.39 Å². The first-order chi connectivity index (χ1) is 17.1. The van der Waals surface area contributed by atoms with Crippen LogP contribution in [-0.2, 0) is 17.9 Å². The molecule has 0 spiro atoms. The standard InChI is InChI=1S/C26H22FN5O2S/c1-34-24-11-9-23(10-12-24)32-18-29-30-26(32)35-17-25(33)31(16-21-3-2-4-22(27)13-21)15-20-7-5-19(14-28)6-8-20/h2-13,18H,15-17H2,1H3. The first-order valence-corrected chi connectivity index (χ1v) is 11.7. The molecular weight excluding hydrogens is 465 g/mol. The SMILES string of the molecule is COc1ccc(-n2cnnc2SCC(=O)N(Cc2ccc(C#N)cc2)Cc2cccc(F)c2)cc1. The molecule has 0 radical (unpaired) electrons. The van der Waals surface area contributed by atoms with Crippen molar-refractivity contribution in [2.45, 2.75) is 18.2 Å². The summed E-state index contributed by atoms with van der Waals surface area (Å²) in [6.45, 7) is 0.578. The summed E-state index contributed by atoms with van der Waals surface area (Å²) in [4.78, 5) is 14.9. The number of methoxy groups -OCH3 is 1. The average Bonchev–Trinajstić information content (AvgIpc) is 3.36. The largest absolute Gasteiger partial charge is 0.497 e. The molecule has 0 aliphatic carbocycles. The van der Waals surface area contributed by atoms with E-state index >= 15 is 0 Å². The van der Waals surface area contributed by atoms with Crippen LogP contribution >= 0.6 is 11.8 Å². The normalized spacial score (nSPS) is 10.5. The molecule has 0 aliphatic rings. The second-order valence-electron chi connectivity index (χ2n) is 7.66. The molecule has 0 unspecified atom stereocenters. The Morgan fingerprint density at radius 2 is 1.83 bits per heavy atom. The van der Waals surface area contributed by atoms with E-state index in [1.807, 2.05) is 36.4 Å². The number of thioether (sulfide) groups is 1. The molecule has 35 heavy (non-hydrogen) atoms. The molecule has 0 N–H and O–H groups in total. The molecule has 4 aromatic rings. The molecule has 0 saturated carbocycles. The molecule has 1 heterocycles. The number of hydrogen-bond donors (Lipinski definition) is 0. The van der Waals surface area contributed by atoms with Crippen LogP contribution in [0.15, 0.2) is 84.3 Å². The number of benzene rings is 3. The van der Waals surface area contributed by atoms with Crippen LogP contribution in [0.3, 0.4) is 0 Å². The van der Waals surface area contributed by atoms with Crippen molar-refractivity contribution in [1.82, 2.24) is 19.7 Å². The minimum atomic E-state index is -0.352. The summed E-state index contributed by atoms with van der Waals surface area (Å²) in [5.41, 5.74) is 2.96. The van der Waals surface area contributed by atoms with E-state index in [2.05, 4.69) is 16.3 Å². The van der Waals surface area contributed by atoms with Gasteiger partial charge in [0.1, 0.15) is 17.9 Å². The van der Waals surface area contributed by atoms with Crippen molar-refractivity contribution in [2.75, 3.05) is 12.9 Å². The number of halogens is 1. The first-order valence-electron chi connectivity index (χ1n) is 10.7. The third-order valence-corrected chi connectivity index (χ3v) is 6.19. The zero-order valence-electron chi connectivity index (χ0n) is 19.0. The molecule has 4 rings (SSSR count). The van der Waals surface area contributed by atoms with Gasteiger partial charge in [-0.05, 0) is 59.7 Å². The van der Waals surface area contributed by atoms with Crippen molar-refractivity contribution < 1.29 is 13.9 Å². The topological polar surface area (TPSA) is 84.0 Å². The molecule has 0 aliphatic heterocycles. The quantitative estimate of drug-likeness (QED) is 0.321. The second-order valence-corrected chi connectivity index (χ2v) is 8.60. The van der Waals surface area contributed by atoms with Crippen LogP contribution in [0.5, 0.6) is 5.75 Å². The Kier molecular flexibility index (Phi) is 7.75. The van der Waals surface area contributed by atoms with E-state index in [0.717, 1.165) is 17.0 Å². The third-order valence-electron chi connectivity index (χ3n) is 5.26. The summed E-state index contributed by atoms with van der Waals surface area (Å²) < 4.78 is 20.8. The van der Waals surface area contributed by atoms with Gasteiger partial charge in [0.05, 0.1) is 24.5 Å². The smallest absolute Gasteiger partial charge is 0.233 e. The van der Waals surface area contributed by atoms with Gasteiger partial charge in [0, 0.05) is 18.8 Å². The van der Waals surface area contributed by atoms with Gasteiger partial charge in [-0.2, -0.15) is 5.26 Å². The van der Waals surface area contributed by atoms with E-state index in [-0.39, 0.29) is 24.0 Å². The molecule has 0 fully saturated rings. The summed E-state index contributed by atoms with van der Waals surface area (Å²) in [6, 6.07) is 22.8. The van der Waals surface area contributed by atoms with Gasteiger partial charge < -0.3 is 9.64 Å². The van der Waals surface area contributed by atoms with E-state index in [4.69, 9.17) is 10.00 Å². The van der Waals surface area contributed by atoms with Crippen LogP contribution in [0.4, 0.5) is 4.39 Å². The number of nitrogens with zero attached hydrogens (tertiary/aromatic N) is 5. The number of nitriles is 1. The summed E-state index contributed by atoms with van der Waals surface area (Å²) in [5.74, 6) is 0.380. The number of amides is 1. The molecule has 1 aromatic heterocycles. The average molecular weight is 488 g/mol. The fourth-order valence-corrected chi connectivity index (χ4v) is 4.29. The van der Waals surface area contributed by atoms with Crippen molar-refractivity contribution in [3.05, 3.63) is 102 Å². The van der Waals surface area contributed by atoms with Crippen molar-refractivity contribution in [1.29, 1.82) is 5.26 Å². The van der Waals surface area contributed by atoms with Gasteiger partial charge in [0.25, 0.3) is 0 Å². The highest BCUT2D eigenvalue weighted by Crippen LogP contribution is 2.23. The fourth-order valence-electron chi connectivity index (χ4n) is 3.45. The maximum Gasteiger partial charge on any atom is 0.233 e. The second kappa shape index (κ2) is 11.3. The van der Waals surface area contributed by atoms with E-state index in [1.54, 1.807) is 47.2 Å².